The monoisotopic (exact) mass is 318 g/mol. The molecule has 7 heteroatoms. The van der Waals surface area contributed by atoms with E-state index in [1.165, 1.54) is 17.5 Å². The lowest BCUT2D eigenvalue weighted by Crippen LogP contribution is -2.10. The van der Waals surface area contributed by atoms with E-state index in [1.54, 1.807) is 10.9 Å². The van der Waals surface area contributed by atoms with Crippen molar-refractivity contribution in [1.29, 1.82) is 0 Å². The number of anilines is 1. The predicted octanol–water partition coefficient (Wildman–Crippen LogP) is 3.32. The molecule has 0 saturated carbocycles. The van der Waals surface area contributed by atoms with Gasteiger partial charge in [0.1, 0.15) is 0 Å². The zero-order valence-electron chi connectivity index (χ0n) is 10.9. The summed E-state index contributed by atoms with van der Waals surface area (Å²) in [7, 11) is 0. The highest BCUT2D eigenvalue weighted by atomic mass is 35.5. The molecular formula is C14H11ClN4OS. The Morgan fingerprint density at radius 1 is 1.33 bits per heavy atom. The van der Waals surface area contributed by atoms with Crippen LogP contribution in [0, 0.1) is 0 Å². The quantitative estimate of drug-likeness (QED) is 0.751. The van der Waals surface area contributed by atoms with Crippen molar-refractivity contribution in [2.75, 3.05) is 5.32 Å². The second-order valence-corrected chi connectivity index (χ2v) is 5.37. The lowest BCUT2D eigenvalue weighted by Gasteiger charge is -1.99. The van der Waals surface area contributed by atoms with Crippen LogP contribution in [0.25, 0.3) is 5.69 Å². The fraction of sp³-hybridized carbons (Fsp3) is 0.0714. The van der Waals surface area contributed by atoms with E-state index in [9.17, 15) is 4.79 Å². The minimum Gasteiger partial charge on any atom is -0.298 e. The zero-order valence-corrected chi connectivity index (χ0v) is 12.4. The Morgan fingerprint density at radius 3 is 2.86 bits per heavy atom. The number of amides is 1. The van der Waals surface area contributed by atoms with E-state index < -0.39 is 0 Å². The molecule has 1 amide bonds. The van der Waals surface area contributed by atoms with Crippen LogP contribution < -0.4 is 5.32 Å². The second kappa shape index (κ2) is 6.07. The maximum absolute atomic E-state index is 12.1. The number of hydrogen-bond acceptors (Lipinski definition) is 4. The van der Waals surface area contributed by atoms with Gasteiger partial charge < -0.3 is 0 Å². The van der Waals surface area contributed by atoms with Crippen LogP contribution >= 0.6 is 22.9 Å². The molecular weight excluding hydrogens is 308 g/mol. The number of hydrogen-bond donors (Lipinski definition) is 1. The summed E-state index contributed by atoms with van der Waals surface area (Å²) in [5, 5.41) is 9.27. The number of alkyl halides is 1. The molecule has 0 unspecified atom stereocenters. The van der Waals surface area contributed by atoms with Crippen LogP contribution in [0.2, 0.25) is 0 Å². The average molecular weight is 319 g/mol. The molecule has 2 aromatic heterocycles. The third-order valence-corrected chi connectivity index (χ3v) is 3.86. The SMILES string of the molecule is O=C(Nc1nc(CCl)cs1)c1cnn(-c2ccccc2)c1. The number of halogens is 1. The number of thiazole rings is 1. The van der Waals surface area contributed by atoms with E-state index in [-0.39, 0.29) is 5.91 Å². The molecule has 0 fully saturated rings. The highest BCUT2D eigenvalue weighted by Crippen LogP contribution is 2.17. The predicted molar refractivity (Wildman–Crippen MR) is 83.2 cm³/mol. The van der Waals surface area contributed by atoms with Gasteiger partial charge in [-0.15, -0.1) is 22.9 Å². The summed E-state index contributed by atoms with van der Waals surface area (Å²) in [6.45, 7) is 0. The van der Waals surface area contributed by atoms with E-state index in [0.717, 1.165) is 11.4 Å². The third-order valence-electron chi connectivity index (χ3n) is 2.77. The van der Waals surface area contributed by atoms with E-state index >= 15 is 0 Å². The molecule has 0 aliphatic heterocycles. The van der Waals surface area contributed by atoms with Gasteiger partial charge in [-0.2, -0.15) is 5.10 Å². The van der Waals surface area contributed by atoms with Crippen molar-refractivity contribution in [2.45, 2.75) is 5.88 Å². The average Bonchev–Trinajstić information content (AvgIpc) is 3.17. The van der Waals surface area contributed by atoms with Crippen molar-refractivity contribution >= 4 is 34.0 Å². The van der Waals surface area contributed by atoms with Gasteiger partial charge in [-0.1, -0.05) is 18.2 Å². The Morgan fingerprint density at radius 2 is 2.14 bits per heavy atom. The molecule has 1 aromatic carbocycles. The van der Waals surface area contributed by atoms with Crippen LogP contribution in [-0.4, -0.2) is 20.7 Å². The van der Waals surface area contributed by atoms with Gasteiger partial charge in [0.25, 0.3) is 5.91 Å². The second-order valence-electron chi connectivity index (χ2n) is 4.24. The lowest BCUT2D eigenvalue weighted by atomic mass is 10.3. The van der Waals surface area contributed by atoms with Gasteiger partial charge in [0.15, 0.2) is 5.13 Å². The third kappa shape index (κ3) is 3.12. The fourth-order valence-electron chi connectivity index (χ4n) is 1.76. The summed E-state index contributed by atoms with van der Waals surface area (Å²) >= 11 is 7.03. The first-order valence-electron chi connectivity index (χ1n) is 6.18. The summed E-state index contributed by atoms with van der Waals surface area (Å²) in [6, 6.07) is 9.60. The summed E-state index contributed by atoms with van der Waals surface area (Å²) in [5.74, 6) is 0.0887. The highest BCUT2D eigenvalue weighted by molar-refractivity contribution is 7.14. The topological polar surface area (TPSA) is 59.8 Å². The number of carbonyl (C=O) groups excluding carboxylic acids is 1. The van der Waals surface area contributed by atoms with Crippen molar-refractivity contribution < 1.29 is 4.79 Å². The summed E-state index contributed by atoms with van der Waals surface area (Å²) in [5.41, 5.74) is 2.12. The number of nitrogens with one attached hydrogen (secondary N) is 1. The molecule has 0 radical (unpaired) electrons. The van der Waals surface area contributed by atoms with Crippen LogP contribution in [0.15, 0.2) is 48.1 Å². The Labute approximate surface area is 130 Å². The van der Waals surface area contributed by atoms with Gasteiger partial charge in [0.2, 0.25) is 0 Å². The molecule has 5 nitrogen and oxygen atoms in total. The first-order valence-corrected chi connectivity index (χ1v) is 7.59. The Kier molecular flexibility index (Phi) is 3.98. The molecule has 0 aliphatic rings. The van der Waals surface area contributed by atoms with Crippen molar-refractivity contribution in [1.82, 2.24) is 14.8 Å². The lowest BCUT2D eigenvalue weighted by molar-refractivity contribution is 0.102. The molecule has 0 spiro atoms. The van der Waals surface area contributed by atoms with Gasteiger partial charge in [0, 0.05) is 11.6 Å². The first kappa shape index (κ1) is 13.8. The molecule has 0 atom stereocenters. The normalized spacial score (nSPS) is 10.5. The van der Waals surface area contributed by atoms with E-state index in [2.05, 4.69) is 15.4 Å². The van der Waals surface area contributed by atoms with Gasteiger partial charge in [-0.25, -0.2) is 9.67 Å². The van der Waals surface area contributed by atoms with E-state index in [4.69, 9.17) is 11.6 Å². The van der Waals surface area contributed by atoms with Crippen LogP contribution in [-0.2, 0) is 5.88 Å². The zero-order chi connectivity index (χ0) is 14.7. The van der Waals surface area contributed by atoms with Crippen molar-refractivity contribution in [3.8, 4) is 5.69 Å². The number of rotatable bonds is 4. The minimum atomic E-state index is -0.243. The van der Waals surface area contributed by atoms with Crippen molar-refractivity contribution in [3.63, 3.8) is 0 Å². The maximum atomic E-state index is 12.1. The number of benzene rings is 1. The Hall–Kier alpha value is -2.18. The fourth-order valence-corrected chi connectivity index (χ4v) is 2.69. The van der Waals surface area contributed by atoms with Gasteiger partial charge >= 0.3 is 0 Å². The first-order chi connectivity index (χ1) is 10.3. The number of nitrogens with zero attached hydrogens (tertiary/aromatic N) is 3. The minimum absolute atomic E-state index is 0.243. The largest absolute Gasteiger partial charge is 0.298 e. The standard InChI is InChI=1S/C14H11ClN4OS/c15-6-11-9-21-14(17-11)18-13(20)10-7-16-19(8-10)12-4-2-1-3-5-12/h1-5,7-9H,6H2,(H,17,18,20). The smallest absolute Gasteiger partial charge is 0.260 e. The summed E-state index contributed by atoms with van der Waals surface area (Å²) < 4.78 is 1.65. The molecule has 1 N–H and O–H groups in total. The molecule has 2 heterocycles. The molecule has 21 heavy (non-hydrogen) atoms. The van der Waals surface area contributed by atoms with Crippen LogP contribution in [0.4, 0.5) is 5.13 Å². The van der Waals surface area contributed by atoms with Crippen LogP contribution in [0.5, 0.6) is 0 Å². The summed E-state index contributed by atoms with van der Waals surface area (Å²) in [4.78, 5) is 16.3. The number of para-hydroxylation sites is 1. The van der Waals surface area contributed by atoms with Gasteiger partial charge in [0.05, 0.1) is 29.0 Å². The van der Waals surface area contributed by atoms with E-state index in [1.807, 2.05) is 35.7 Å². The molecule has 3 rings (SSSR count). The van der Waals surface area contributed by atoms with Gasteiger partial charge in [-0.05, 0) is 12.1 Å². The molecule has 106 valence electrons. The van der Waals surface area contributed by atoms with Crippen molar-refractivity contribution in [2.24, 2.45) is 0 Å². The molecule has 0 bridgehead atoms. The van der Waals surface area contributed by atoms with Gasteiger partial charge in [-0.3, -0.25) is 10.1 Å². The van der Waals surface area contributed by atoms with Crippen LogP contribution in [0.3, 0.4) is 0 Å². The van der Waals surface area contributed by atoms with Crippen LogP contribution in [0.1, 0.15) is 16.1 Å². The Balaban J connectivity index is 1.75. The summed E-state index contributed by atoms with van der Waals surface area (Å²) in [6.07, 6.45) is 3.21. The molecule has 3 aromatic rings. The maximum Gasteiger partial charge on any atom is 0.260 e. The number of aromatic nitrogens is 3. The Bertz CT molecular complexity index is 753. The van der Waals surface area contributed by atoms with E-state index in [0.29, 0.717) is 16.6 Å². The molecule has 0 aliphatic carbocycles. The highest BCUT2D eigenvalue weighted by Gasteiger charge is 2.11. The molecule has 0 saturated heterocycles. The number of carbonyl (C=O) groups is 1. The van der Waals surface area contributed by atoms with Crippen molar-refractivity contribution in [3.05, 3.63) is 59.4 Å².